The summed E-state index contributed by atoms with van der Waals surface area (Å²) in [5.74, 6) is 1.03. The molecule has 0 spiro atoms. The fourth-order valence-electron chi connectivity index (χ4n) is 4.07. The number of hydrogen-bond acceptors (Lipinski definition) is 4. The zero-order valence-corrected chi connectivity index (χ0v) is 20.1. The Labute approximate surface area is 195 Å². The molecule has 31 heavy (non-hydrogen) atoms. The van der Waals surface area contributed by atoms with Gasteiger partial charge in [0.2, 0.25) is 0 Å². The summed E-state index contributed by atoms with van der Waals surface area (Å²) in [5.41, 5.74) is 4.28. The van der Waals surface area contributed by atoms with Crippen LogP contribution in [0.1, 0.15) is 44.4 Å². The van der Waals surface area contributed by atoms with Crippen molar-refractivity contribution in [3.63, 3.8) is 0 Å². The number of pyridine rings is 1. The molecule has 4 aromatic rings. The quantitative estimate of drug-likeness (QED) is 0.221. The molecule has 0 saturated heterocycles. The molecular formula is C26H24IrNO3-. The van der Waals surface area contributed by atoms with Gasteiger partial charge in [-0.2, -0.15) is 0 Å². The molecule has 2 aromatic carbocycles. The molecule has 0 saturated carbocycles. The molecule has 0 bridgehead atoms. The molecule has 1 aliphatic carbocycles. The fourth-order valence-corrected chi connectivity index (χ4v) is 4.07. The minimum Gasteiger partial charge on any atom is -0.505 e. The predicted octanol–water partition coefficient (Wildman–Crippen LogP) is 5.88. The summed E-state index contributed by atoms with van der Waals surface area (Å²) in [4.78, 5) is 24.7. The minimum absolute atomic E-state index is 0. The van der Waals surface area contributed by atoms with Crippen LogP contribution >= 0.6 is 0 Å². The Bertz CT molecular complexity index is 1220. The first-order chi connectivity index (χ1) is 14.5. The molecule has 0 fully saturated rings. The van der Waals surface area contributed by atoms with E-state index in [0.717, 1.165) is 40.8 Å². The van der Waals surface area contributed by atoms with Gasteiger partial charge in [-0.05, 0) is 61.2 Å². The molecule has 0 atom stereocenters. The first-order valence-corrected chi connectivity index (χ1v) is 10.3. The van der Waals surface area contributed by atoms with Gasteiger partial charge in [0.05, 0.1) is 17.8 Å². The molecule has 5 rings (SSSR count). The molecule has 4 nitrogen and oxygen atoms in total. The number of nitrogens with zero attached hydrogens (tertiary/aromatic N) is 1. The second-order valence-corrected chi connectivity index (χ2v) is 7.77. The SMILES string of the molecule is CC(=O)CC(C)=O.[Ir].[c-]1ccc2c3c(oc2c1-c1nccc2ccccc12)CCCC3. The smallest absolute Gasteiger partial charge is 0.137 e. The third kappa shape index (κ3) is 5.00. The van der Waals surface area contributed by atoms with Gasteiger partial charge in [0.1, 0.15) is 11.6 Å². The van der Waals surface area contributed by atoms with Gasteiger partial charge < -0.3 is 9.40 Å². The van der Waals surface area contributed by atoms with E-state index in [-0.39, 0.29) is 38.1 Å². The van der Waals surface area contributed by atoms with Crippen LogP contribution < -0.4 is 0 Å². The maximum absolute atomic E-state index is 10.0. The van der Waals surface area contributed by atoms with Gasteiger partial charge in [-0.1, -0.05) is 35.2 Å². The Morgan fingerprint density at radius 2 is 1.74 bits per heavy atom. The minimum atomic E-state index is -0.0625. The number of Topliss-reactive ketones (excluding diaryl/α,β-unsaturated/α-hetero) is 2. The number of hydrogen-bond donors (Lipinski definition) is 0. The van der Waals surface area contributed by atoms with Crippen LogP contribution in [0.3, 0.4) is 0 Å². The third-order valence-electron chi connectivity index (χ3n) is 5.33. The van der Waals surface area contributed by atoms with Crippen LogP contribution in [-0.4, -0.2) is 16.6 Å². The van der Waals surface area contributed by atoms with E-state index in [1.54, 1.807) is 0 Å². The van der Waals surface area contributed by atoms with Crippen molar-refractivity contribution in [3.8, 4) is 11.3 Å². The van der Waals surface area contributed by atoms with E-state index >= 15 is 0 Å². The van der Waals surface area contributed by atoms with E-state index in [1.807, 2.05) is 18.3 Å². The monoisotopic (exact) mass is 591 g/mol. The van der Waals surface area contributed by atoms with E-state index in [0.29, 0.717) is 0 Å². The summed E-state index contributed by atoms with van der Waals surface area (Å²) >= 11 is 0. The topological polar surface area (TPSA) is 60.2 Å². The van der Waals surface area contributed by atoms with Gasteiger partial charge in [0.15, 0.2) is 0 Å². The van der Waals surface area contributed by atoms with Gasteiger partial charge in [-0.3, -0.25) is 9.59 Å². The summed E-state index contributed by atoms with van der Waals surface area (Å²) in [6.45, 7) is 2.81. The number of furan rings is 1. The van der Waals surface area contributed by atoms with Crippen LogP contribution in [0.25, 0.3) is 33.0 Å². The van der Waals surface area contributed by atoms with E-state index in [2.05, 4.69) is 41.4 Å². The van der Waals surface area contributed by atoms with E-state index in [4.69, 9.17) is 4.42 Å². The molecule has 1 radical (unpaired) electrons. The first kappa shape index (κ1) is 23.1. The standard InChI is InChI=1S/C21H16NO.C5H8O2.Ir/c1-2-7-15-14(6-1)12-13-22-20(15)18-10-5-9-17-16-8-3-4-11-19(16)23-21(17)18;1-4(6)3-5(2)7;/h1-2,5-7,9,12-13H,3-4,8,11H2;3H2,1-2H3;/q-1;;. The van der Waals surface area contributed by atoms with Crippen molar-refractivity contribution in [2.75, 3.05) is 0 Å². The van der Waals surface area contributed by atoms with Gasteiger partial charge >= 0.3 is 0 Å². The molecule has 0 N–H and O–H groups in total. The zero-order chi connectivity index (χ0) is 21.1. The number of aryl methyl sites for hydroxylation is 2. The summed E-state index contributed by atoms with van der Waals surface area (Å²) in [5, 5.41) is 3.58. The van der Waals surface area contributed by atoms with Gasteiger partial charge in [-0.25, -0.2) is 0 Å². The second kappa shape index (κ2) is 10.1. The molecular weight excluding hydrogens is 567 g/mol. The molecule has 1 aliphatic rings. The van der Waals surface area contributed by atoms with Crippen molar-refractivity contribution in [2.45, 2.75) is 46.0 Å². The van der Waals surface area contributed by atoms with Crippen molar-refractivity contribution in [1.82, 2.24) is 4.98 Å². The first-order valence-electron chi connectivity index (χ1n) is 10.3. The molecule has 5 heteroatoms. The average molecular weight is 591 g/mol. The Morgan fingerprint density at radius 1 is 1.00 bits per heavy atom. The molecule has 2 heterocycles. The zero-order valence-electron chi connectivity index (χ0n) is 17.7. The number of ketones is 2. The summed E-state index contributed by atoms with van der Waals surface area (Å²) < 4.78 is 6.25. The molecule has 2 aromatic heterocycles. The summed E-state index contributed by atoms with van der Waals surface area (Å²) in [6, 6.07) is 17.9. The van der Waals surface area contributed by atoms with Crippen molar-refractivity contribution >= 4 is 33.3 Å². The number of carbonyl (C=O) groups is 2. The third-order valence-corrected chi connectivity index (χ3v) is 5.33. The van der Waals surface area contributed by atoms with Gasteiger partial charge in [-0.15, -0.1) is 18.2 Å². The molecule has 0 unspecified atom stereocenters. The Kier molecular flexibility index (Phi) is 7.53. The fraction of sp³-hybridized carbons (Fsp3) is 0.269. The number of rotatable bonds is 3. The Balaban J connectivity index is 0.000000299. The van der Waals surface area contributed by atoms with Crippen molar-refractivity contribution in [3.05, 3.63) is 66.1 Å². The van der Waals surface area contributed by atoms with Gasteiger partial charge in [0.25, 0.3) is 0 Å². The molecule has 0 amide bonds. The summed E-state index contributed by atoms with van der Waals surface area (Å²) in [6.07, 6.45) is 6.59. The maximum Gasteiger partial charge on any atom is 0.137 e. The Morgan fingerprint density at radius 3 is 2.48 bits per heavy atom. The molecule has 161 valence electrons. The van der Waals surface area contributed by atoms with Crippen LogP contribution in [0.2, 0.25) is 0 Å². The van der Waals surface area contributed by atoms with Crippen molar-refractivity contribution in [1.29, 1.82) is 0 Å². The number of fused-ring (bicyclic) bond motifs is 4. The Hall–Kier alpha value is -2.62. The summed E-state index contributed by atoms with van der Waals surface area (Å²) in [7, 11) is 0. The average Bonchev–Trinajstić information content (AvgIpc) is 3.12. The van der Waals surface area contributed by atoms with Crippen LogP contribution in [0.5, 0.6) is 0 Å². The number of benzene rings is 2. The number of aromatic nitrogens is 1. The second-order valence-electron chi connectivity index (χ2n) is 7.77. The van der Waals surface area contributed by atoms with Crippen molar-refractivity contribution in [2.24, 2.45) is 0 Å². The van der Waals surface area contributed by atoms with Crippen LogP contribution in [0.15, 0.2) is 53.1 Å². The van der Waals surface area contributed by atoms with E-state index in [9.17, 15) is 9.59 Å². The van der Waals surface area contributed by atoms with E-state index < -0.39 is 0 Å². The van der Waals surface area contributed by atoms with E-state index in [1.165, 1.54) is 43.0 Å². The number of carbonyl (C=O) groups excluding carboxylic acids is 2. The van der Waals surface area contributed by atoms with Crippen LogP contribution in [-0.2, 0) is 42.5 Å². The maximum atomic E-state index is 10.0. The van der Waals surface area contributed by atoms with Crippen molar-refractivity contribution < 1.29 is 34.1 Å². The van der Waals surface area contributed by atoms with Crippen LogP contribution in [0, 0.1) is 6.07 Å². The normalized spacial score (nSPS) is 12.5. The largest absolute Gasteiger partial charge is 0.505 e. The van der Waals surface area contributed by atoms with Crippen LogP contribution in [0.4, 0.5) is 0 Å². The molecule has 0 aliphatic heterocycles. The predicted molar refractivity (Wildman–Crippen MR) is 118 cm³/mol. The van der Waals surface area contributed by atoms with Gasteiger partial charge in [0, 0.05) is 32.7 Å².